The number of para-hydroxylation sites is 1. The van der Waals surface area contributed by atoms with Crippen molar-refractivity contribution >= 4 is 10.2 Å². The molecule has 1 saturated heterocycles. The van der Waals surface area contributed by atoms with Crippen LogP contribution in [0.4, 0.5) is 0 Å². The second-order valence-electron chi connectivity index (χ2n) is 7.98. The van der Waals surface area contributed by atoms with Gasteiger partial charge in [-0.1, -0.05) is 48.5 Å². The van der Waals surface area contributed by atoms with Crippen LogP contribution in [-0.2, 0) is 27.9 Å². The number of morpholine rings is 1. The van der Waals surface area contributed by atoms with Crippen LogP contribution in [0.15, 0.2) is 54.6 Å². The fourth-order valence-electron chi connectivity index (χ4n) is 3.99. The zero-order chi connectivity index (χ0) is 21.7. The molecule has 0 aliphatic carbocycles. The molecule has 3 rings (SSSR count). The standard InChI is InChI=1S/C23H32N2O4S/c1-18(14-22-12-8-9-13-23(22)28-4)25(17-21-10-6-5-7-11-21)30(26,27)24-15-19(2)29-20(3)16-24/h5-13,18-20H,14-17H2,1-4H3. The average Bonchev–Trinajstić information content (AvgIpc) is 2.72. The predicted molar refractivity (Wildman–Crippen MR) is 119 cm³/mol. The van der Waals surface area contributed by atoms with Gasteiger partial charge in [-0.2, -0.15) is 17.0 Å². The molecule has 1 fully saturated rings. The molecule has 30 heavy (non-hydrogen) atoms. The quantitative estimate of drug-likeness (QED) is 0.641. The lowest BCUT2D eigenvalue weighted by atomic mass is 10.1. The molecule has 7 heteroatoms. The van der Waals surface area contributed by atoms with E-state index in [9.17, 15) is 8.42 Å². The van der Waals surface area contributed by atoms with Gasteiger partial charge in [0, 0.05) is 25.7 Å². The van der Waals surface area contributed by atoms with Crippen molar-refractivity contribution in [3.8, 4) is 5.75 Å². The molecular formula is C23H32N2O4S. The van der Waals surface area contributed by atoms with Crippen LogP contribution in [0.5, 0.6) is 5.75 Å². The van der Waals surface area contributed by atoms with Crippen molar-refractivity contribution in [3.05, 3.63) is 65.7 Å². The van der Waals surface area contributed by atoms with Crippen molar-refractivity contribution in [2.45, 2.75) is 52.0 Å². The summed E-state index contributed by atoms with van der Waals surface area (Å²) in [6, 6.07) is 17.2. The molecule has 0 bridgehead atoms. The first-order chi connectivity index (χ1) is 14.3. The lowest BCUT2D eigenvalue weighted by Gasteiger charge is -2.39. The van der Waals surface area contributed by atoms with Crippen LogP contribution in [0.3, 0.4) is 0 Å². The largest absolute Gasteiger partial charge is 0.496 e. The molecule has 3 unspecified atom stereocenters. The Morgan fingerprint density at radius 2 is 1.67 bits per heavy atom. The highest BCUT2D eigenvalue weighted by atomic mass is 32.2. The summed E-state index contributed by atoms with van der Waals surface area (Å²) >= 11 is 0. The molecule has 0 aromatic heterocycles. The summed E-state index contributed by atoms with van der Waals surface area (Å²) in [5, 5.41) is 0. The van der Waals surface area contributed by atoms with Gasteiger partial charge >= 0.3 is 0 Å². The van der Waals surface area contributed by atoms with Gasteiger partial charge in [-0.25, -0.2) is 0 Å². The molecule has 0 saturated carbocycles. The first-order valence-corrected chi connectivity index (χ1v) is 11.8. The molecule has 3 atom stereocenters. The molecule has 0 radical (unpaired) electrons. The van der Waals surface area contributed by atoms with Crippen LogP contribution in [0.2, 0.25) is 0 Å². The van der Waals surface area contributed by atoms with Crippen LogP contribution < -0.4 is 4.74 Å². The smallest absolute Gasteiger partial charge is 0.282 e. The number of nitrogens with zero attached hydrogens (tertiary/aromatic N) is 2. The lowest BCUT2D eigenvalue weighted by molar-refractivity contribution is -0.0458. The van der Waals surface area contributed by atoms with E-state index in [-0.39, 0.29) is 18.2 Å². The summed E-state index contributed by atoms with van der Waals surface area (Å²) < 4.78 is 41.9. The number of ether oxygens (including phenoxy) is 2. The second-order valence-corrected chi connectivity index (χ2v) is 9.86. The molecule has 2 aromatic rings. The van der Waals surface area contributed by atoms with Crippen molar-refractivity contribution in [2.75, 3.05) is 20.2 Å². The SMILES string of the molecule is COc1ccccc1CC(C)N(Cc1ccccc1)S(=O)(=O)N1CC(C)OC(C)C1. The van der Waals surface area contributed by atoms with Gasteiger partial charge in [-0.05, 0) is 44.4 Å². The Kier molecular flexibility index (Phi) is 7.52. The van der Waals surface area contributed by atoms with Gasteiger partial charge in [-0.3, -0.25) is 0 Å². The Morgan fingerprint density at radius 1 is 1.07 bits per heavy atom. The third-order valence-corrected chi connectivity index (χ3v) is 7.42. The summed E-state index contributed by atoms with van der Waals surface area (Å²) in [4.78, 5) is 0. The predicted octanol–water partition coefficient (Wildman–Crippen LogP) is 3.48. The highest BCUT2D eigenvalue weighted by molar-refractivity contribution is 7.86. The van der Waals surface area contributed by atoms with Crippen molar-refractivity contribution in [3.63, 3.8) is 0 Å². The zero-order valence-corrected chi connectivity index (χ0v) is 19.0. The van der Waals surface area contributed by atoms with E-state index < -0.39 is 10.2 Å². The topological polar surface area (TPSA) is 59.1 Å². The minimum Gasteiger partial charge on any atom is -0.496 e. The molecule has 0 N–H and O–H groups in total. The average molecular weight is 433 g/mol. The fraction of sp³-hybridized carbons (Fsp3) is 0.478. The first kappa shape index (κ1) is 22.7. The Labute approximate surface area is 180 Å². The highest BCUT2D eigenvalue weighted by Gasteiger charge is 2.37. The van der Waals surface area contributed by atoms with Crippen LogP contribution in [-0.4, -0.2) is 55.5 Å². The van der Waals surface area contributed by atoms with E-state index in [1.165, 1.54) is 0 Å². The first-order valence-electron chi connectivity index (χ1n) is 10.4. The second kappa shape index (κ2) is 9.92. The van der Waals surface area contributed by atoms with Crippen LogP contribution in [0.25, 0.3) is 0 Å². The van der Waals surface area contributed by atoms with Crippen molar-refractivity contribution < 1.29 is 17.9 Å². The van der Waals surface area contributed by atoms with Crippen LogP contribution in [0, 0.1) is 0 Å². The monoisotopic (exact) mass is 432 g/mol. The maximum atomic E-state index is 13.7. The maximum absolute atomic E-state index is 13.7. The molecule has 0 amide bonds. The summed E-state index contributed by atoms with van der Waals surface area (Å²) in [6.07, 6.45) is 0.296. The summed E-state index contributed by atoms with van der Waals surface area (Å²) in [6.45, 7) is 6.83. The van der Waals surface area contributed by atoms with Gasteiger partial charge < -0.3 is 9.47 Å². The molecular weight excluding hydrogens is 400 g/mol. The number of methoxy groups -OCH3 is 1. The van der Waals surface area contributed by atoms with Gasteiger partial charge in [0.25, 0.3) is 10.2 Å². The molecule has 2 aromatic carbocycles. The van der Waals surface area contributed by atoms with Gasteiger partial charge in [0.15, 0.2) is 0 Å². The van der Waals surface area contributed by atoms with Crippen molar-refractivity contribution in [2.24, 2.45) is 0 Å². The minimum absolute atomic E-state index is 0.133. The molecule has 0 spiro atoms. The summed E-state index contributed by atoms with van der Waals surface area (Å²) in [7, 11) is -2.04. The zero-order valence-electron chi connectivity index (χ0n) is 18.2. The third kappa shape index (κ3) is 5.40. The Morgan fingerprint density at radius 3 is 2.30 bits per heavy atom. The normalized spacial score (nSPS) is 21.5. The van der Waals surface area contributed by atoms with E-state index in [0.29, 0.717) is 26.1 Å². The van der Waals surface area contributed by atoms with E-state index in [1.54, 1.807) is 15.7 Å². The Balaban J connectivity index is 1.91. The summed E-state index contributed by atoms with van der Waals surface area (Å²) in [5.41, 5.74) is 1.95. The number of hydrogen-bond acceptors (Lipinski definition) is 4. The van der Waals surface area contributed by atoms with Crippen molar-refractivity contribution in [1.82, 2.24) is 8.61 Å². The molecule has 164 valence electrons. The Bertz CT molecular complexity index is 910. The number of hydrogen-bond donors (Lipinski definition) is 0. The number of benzene rings is 2. The van der Waals surface area contributed by atoms with E-state index in [2.05, 4.69) is 0 Å². The van der Waals surface area contributed by atoms with Crippen LogP contribution in [0.1, 0.15) is 31.9 Å². The maximum Gasteiger partial charge on any atom is 0.282 e. The third-order valence-electron chi connectivity index (χ3n) is 5.39. The van der Waals surface area contributed by atoms with Gasteiger partial charge in [0.05, 0.1) is 19.3 Å². The van der Waals surface area contributed by atoms with E-state index in [0.717, 1.165) is 16.9 Å². The van der Waals surface area contributed by atoms with Gasteiger partial charge in [0.1, 0.15) is 5.75 Å². The molecule has 1 heterocycles. The molecule has 1 aliphatic heterocycles. The fourth-order valence-corrected chi connectivity index (χ4v) is 5.92. The molecule has 1 aliphatic rings. The summed E-state index contributed by atoms with van der Waals surface area (Å²) in [5.74, 6) is 0.773. The van der Waals surface area contributed by atoms with Crippen molar-refractivity contribution in [1.29, 1.82) is 0 Å². The van der Waals surface area contributed by atoms with Crippen LogP contribution >= 0.6 is 0 Å². The van der Waals surface area contributed by atoms with E-state index in [1.807, 2.05) is 75.4 Å². The number of rotatable bonds is 8. The van der Waals surface area contributed by atoms with Gasteiger partial charge in [0.2, 0.25) is 0 Å². The lowest BCUT2D eigenvalue weighted by Crippen LogP contribution is -2.54. The van der Waals surface area contributed by atoms with E-state index in [4.69, 9.17) is 9.47 Å². The van der Waals surface area contributed by atoms with E-state index >= 15 is 0 Å². The minimum atomic E-state index is -3.68. The highest BCUT2D eigenvalue weighted by Crippen LogP contribution is 2.26. The molecule has 6 nitrogen and oxygen atoms in total. The van der Waals surface area contributed by atoms with Gasteiger partial charge in [-0.15, -0.1) is 0 Å². The Hall–Kier alpha value is -1.93.